The lowest BCUT2D eigenvalue weighted by molar-refractivity contribution is 0.185. The molecule has 0 radical (unpaired) electrons. The molecule has 2 aromatic rings. The van der Waals surface area contributed by atoms with Gasteiger partial charge in [-0.1, -0.05) is 29.8 Å². The van der Waals surface area contributed by atoms with Gasteiger partial charge < -0.3 is 20.5 Å². The fourth-order valence-corrected chi connectivity index (χ4v) is 2.09. The molecule has 0 atom stereocenters. The fraction of sp³-hybridized carbons (Fsp3) is 0.235. The van der Waals surface area contributed by atoms with Gasteiger partial charge in [-0.25, -0.2) is 4.99 Å². The Bertz CT molecular complexity index is 651. The van der Waals surface area contributed by atoms with Crippen molar-refractivity contribution in [2.75, 3.05) is 25.6 Å². The number of guanidine groups is 1. The molecule has 0 fully saturated rings. The lowest BCUT2D eigenvalue weighted by Gasteiger charge is -2.11. The molecule has 0 aliphatic carbocycles. The van der Waals surface area contributed by atoms with Gasteiger partial charge in [0.05, 0.1) is 13.2 Å². The molecule has 2 aromatic carbocycles. The molecular formula is C17H21ClIN3O2. The molecule has 0 spiro atoms. The number of hydrogen-bond acceptors (Lipinski definition) is 3. The Labute approximate surface area is 164 Å². The van der Waals surface area contributed by atoms with E-state index in [1.807, 2.05) is 36.4 Å². The number of ether oxygens (including phenoxy) is 2. The van der Waals surface area contributed by atoms with Crippen LogP contribution in [-0.4, -0.2) is 26.2 Å². The number of aliphatic imine (C=N–C) groups is 1. The van der Waals surface area contributed by atoms with Crippen molar-refractivity contribution in [3.8, 4) is 5.75 Å². The van der Waals surface area contributed by atoms with Crippen LogP contribution in [0.3, 0.4) is 0 Å². The number of nitrogens with zero attached hydrogens (tertiary/aromatic N) is 1. The van der Waals surface area contributed by atoms with Crippen molar-refractivity contribution in [3.05, 3.63) is 59.1 Å². The van der Waals surface area contributed by atoms with E-state index >= 15 is 0 Å². The van der Waals surface area contributed by atoms with E-state index in [1.54, 1.807) is 19.2 Å². The summed E-state index contributed by atoms with van der Waals surface area (Å²) in [5.41, 5.74) is 7.80. The maximum absolute atomic E-state index is 5.90. The highest BCUT2D eigenvalue weighted by molar-refractivity contribution is 14.0. The van der Waals surface area contributed by atoms with Crippen molar-refractivity contribution >= 4 is 47.2 Å². The molecule has 5 nitrogen and oxygen atoms in total. The first kappa shape index (κ1) is 20.5. The van der Waals surface area contributed by atoms with Crippen LogP contribution in [0.25, 0.3) is 0 Å². The highest BCUT2D eigenvalue weighted by atomic mass is 127. The third kappa shape index (κ3) is 6.94. The molecule has 0 aromatic heterocycles. The first-order valence-electron chi connectivity index (χ1n) is 7.21. The zero-order chi connectivity index (χ0) is 16.5. The highest BCUT2D eigenvalue weighted by Gasteiger charge is 2.02. The minimum atomic E-state index is 0. The summed E-state index contributed by atoms with van der Waals surface area (Å²) in [6.07, 6.45) is 0. The lowest BCUT2D eigenvalue weighted by atomic mass is 10.2. The summed E-state index contributed by atoms with van der Waals surface area (Å²) < 4.78 is 10.7. The van der Waals surface area contributed by atoms with Crippen LogP contribution in [0.1, 0.15) is 5.56 Å². The number of rotatable bonds is 7. The average molecular weight is 462 g/mol. The van der Waals surface area contributed by atoms with E-state index in [-0.39, 0.29) is 24.0 Å². The van der Waals surface area contributed by atoms with Crippen LogP contribution >= 0.6 is 35.6 Å². The molecule has 0 saturated carbocycles. The Balaban J connectivity index is 0.00000288. The first-order valence-corrected chi connectivity index (χ1v) is 7.59. The van der Waals surface area contributed by atoms with Gasteiger partial charge >= 0.3 is 0 Å². The van der Waals surface area contributed by atoms with E-state index in [0.29, 0.717) is 30.7 Å². The van der Waals surface area contributed by atoms with Crippen molar-refractivity contribution in [2.24, 2.45) is 10.7 Å². The van der Waals surface area contributed by atoms with Crippen LogP contribution in [0.5, 0.6) is 5.75 Å². The molecule has 130 valence electrons. The number of halogens is 2. The van der Waals surface area contributed by atoms with Crippen molar-refractivity contribution in [1.29, 1.82) is 0 Å². The van der Waals surface area contributed by atoms with Crippen LogP contribution < -0.4 is 15.8 Å². The van der Waals surface area contributed by atoms with E-state index in [4.69, 9.17) is 26.8 Å². The standard InChI is InChI=1S/C17H20ClN3O2.HI/c1-22-12-13-4-2-3-5-16(13)21-17(19)20-10-11-23-15-8-6-14(18)7-9-15;/h2-9H,10-12H2,1H3,(H3,19,20,21);1H. The zero-order valence-corrected chi connectivity index (χ0v) is 16.5. The Hall–Kier alpha value is -1.51. The number of methoxy groups -OCH3 is 1. The largest absolute Gasteiger partial charge is 0.492 e. The SMILES string of the molecule is COCc1ccccc1NC(N)=NCCOc1ccc(Cl)cc1.I. The van der Waals surface area contributed by atoms with E-state index in [9.17, 15) is 0 Å². The predicted molar refractivity (Wildman–Crippen MR) is 110 cm³/mol. The zero-order valence-electron chi connectivity index (χ0n) is 13.4. The third-order valence-corrected chi connectivity index (χ3v) is 3.29. The summed E-state index contributed by atoms with van der Waals surface area (Å²) in [4.78, 5) is 4.24. The molecule has 0 amide bonds. The fourth-order valence-electron chi connectivity index (χ4n) is 1.96. The number of anilines is 1. The van der Waals surface area contributed by atoms with Gasteiger partial charge in [-0.3, -0.25) is 0 Å². The van der Waals surface area contributed by atoms with Gasteiger partial charge in [0.15, 0.2) is 5.96 Å². The normalized spacial score (nSPS) is 10.8. The third-order valence-electron chi connectivity index (χ3n) is 3.04. The second-order valence-electron chi connectivity index (χ2n) is 4.78. The van der Waals surface area contributed by atoms with Gasteiger partial charge in [0.2, 0.25) is 0 Å². The van der Waals surface area contributed by atoms with Crippen LogP contribution in [0, 0.1) is 0 Å². The Morgan fingerprint density at radius 2 is 1.88 bits per heavy atom. The average Bonchev–Trinajstić information content (AvgIpc) is 2.55. The summed E-state index contributed by atoms with van der Waals surface area (Å²) in [6.45, 7) is 1.40. The van der Waals surface area contributed by atoms with Gasteiger partial charge in [-0.15, -0.1) is 24.0 Å². The van der Waals surface area contributed by atoms with Gasteiger partial charge in [0.25, 0.3) is 0 Å². The molecule has 0 bridgehead atoms. The molecule has 24 heavy (non-hydrogen) atoms. The maximum Gasteiger partial charge on any atom is 0.193 e. The van der Waals surface area contributed by atoms with E-state index < -0.39 is 0 Å². The molecule has 0 aliphatic rings. The summed E-state index contributed by atoms with van der Waals surface area (Å²) in [6, 6.07) is 15.0. The van der Waals surface area contributed by atoms with Gasteiger partial charge in [-0.2, -0.15) is 0 Å². The van der Waals surface area contributed by atoms with Gasteiger partial charge in [0.1, 0.15) is 12.4 Å². The number of nitrogens with two attached hydrogens (primary N) is 1. The van der Waals surface area contributed by atoms with Gasteiger partial charge in [-0.05, 0) is 30.3 Å². The van der Waals surface area contributed by atoms with Crippen molar-refractivity contribution in [1.82, 2.24) is 0 Å². The smallest absolute Gasteiger partial charge is 0.193 e. The topological polar surface area (TPSA) is 68.9 Å². The van der Waals surface area contributed by atoms with E-state index in [1.165, 1.54) is 0 Å². The monoisotopic (exact) mass is 461 g/mol. The molecule has 0 heterocycles. The van der Waals surface area contributed by atoms with Crippen molar-refractivity contribution in [3.63, 3.8) is 0 Å². The Kier molecular flexibility index (Phi) is 9.51. The summed E-state index contributed by atoms with van der Waals surface area (Å²) in [5.74, 6) is 1.09. The van der Waals surface area contributed by atoms with Crippen LogP contribution in [0.2, 0.25) is 5.02 Å². The maximum atomic E-state index is 5.90. The Morgan fingerprint density at radius 1 is 1.17 bits per heavy atom. The summed E-state index contributed by atoms with van der Waals surface area (Å²) in [5, 5.41) is 3.76. The molecule has 0 aliphatic heterocycles. The van der Waals surface area contributed by atoms with Gasteiger partial charge in [0, 0.05) is 23.4 Å². The van der Waals surface area contributed by atoms with Crippen molar-refractivity contribution < 1.29 is 9.47 Å². The minimum absolute atomic E-state index is 0. The molecule has 0 unspecified atom stereocenters. The van der Waals surface area contributed by atoms with E-state index in [0.717, 1.165) is 17.0 Å². The number of nitrogens with one attached hydrogen (secondary N) is 1. The second-order valence-corrected chi connectivity index (χ2v) is 5.22. The number of para-hydroxylation sites is 1. The number of hydrogen-bond donors (Lipinski definition) is 2. The summed E-state index contributed by atoms with van der Waals surface area (Å²) >= 11 is 5.82. The van der Waals surface area contributed by atoms with Crippen LogP contribution in [-0.2, 0) is 11.3 Å². The Morgan fingerprint density at radius 3 is 2.58 bits per heavy atom. The second kappa shape index (κ2) is 11.1. The number of benzene rings is 2. The van der Waals surface area contributed by atoms with Crippen molar-refractivity contribution in [2.45, 2.75) is 6.61 Å². The van der Waals surface area contributed by atoms with Crippen LogP contribution in [0.4, 0.5) is 5.69 Å². The lowest BCUT2D eigenvalue weighted by Crippen LogP contribution is -2.24. The van der Waals surface area contributed by atoms with E-state index in [2.05, 4.69) is 10.3 Å². The predicted octanol–water partition coefficient (Wildman–Crippen LogP) is 3.91. The highest BCUT2D eigenvalue weighted by Crippen LogP contribution is 2.16. The first-order chi connectivity index (χ1) is 11.2. The quantitative estimate of drug-likeness (QED) is 0.284. The molecular weight excluding hydrogens is 441 g/mol. The molecule has 7 heteroatoms. The molecule has 0 saturated heterocycles. The molecule has 2 rings (SSSR count). The summed E-state index contributed by atoms with van der Waals surface area (Å²) in [7, 11) is 1.66. The minimum Gasteiger partial charge on any atom is -0.492 e. The molecule has 3 N–H and O–H groups in total. The van der Waals surface area contributed by atoms with Crippen LogP contribution in [0.15, 0.2) is 53.5 Å².